The van der Waals surface area contributed by atoms with E-state index >= 15 is 0 Å². The number of methoxy groups -OCH3 is 2. The van der Waals surface area contributed by atoms with Gasteiger partial charge in [0.25, 0.3) is 0 Å². The number of benzene rings is 2. The quantitative estimate of drug-likeness (QED) is 0.723. The average Bonchev–Trinajstić information content (AvgIpc) is 3.08. The topological polar surface area (TPSA) is 75.5 Å². The molecule has 0 aliphatic carbocycles. The molecule has 1 fully saturated rings. The zero-order valence-electron chi connectivity index (χ0n) is 18.4. The lowest BCUT2D eigenvalue weighted by molar-refractivity contribution is -0.918. The van der Waals surface area contributed by atoms with Crippen molar-refractivity contribution in [3.63, 3.8) is 0 Å². The summed E-state index contributed by atoms with van der Waals surface area (Å²) in [6.07, 6.45) is 1.65. The lowest BCUT2D eigenvalue weighted by Gasteiger charge is -2.31. The van der Waals surface area contributed by atoms with Gasteiger partial charge in [-0.3, -0.25) is 9.69 Å². The number of hydrogen-bond donors (Lipinski definition) is 1. The summed E-state index contributed by atoms with van der Waals surface area (Å²) in [5.41, 5.74) is 2.37. The van der Waals surface area contributed by atoms with Crippen molar-refractivity contribution in [2.75, 3.05) is 47.4 Å². The number of ketones is 1. The highest BCUT2D eigenvalue weighted by molar-refractivity contribution is 6.16. The van der Waals surface area contributed by atoms with E-state index in [9.17, 15) is 9.90 Å². The van der Waals surface area contributed by atoms with Gasteiger partial charge in [0, 0.05) is 24.2 Å². The minimum absolute atomic E-state index is 0.0734. The molecule has 2 heterocycles. The van der Waals surface area contributed by atoms with Crippen molar-refractivity contribution in [1.29, 1.82) is 0 Å². The zero-order valence-corrected chi connectivity index (χ0v) is 18.4. The number of para-hydroxylation sites is 1. The number of piperazine rings is 1. The number of fused-ring (bicyclic) bond motifs is 1. The number of nitrogens with one attached hydrogen (secondary N) is 1. The third-order valence-electron chi connectivity index (χ3n) is 6.04. The number of likely N-dealkylation sites (N-methyl/N-ethyl adjacent to an activating group) is 1. The van der Waals surface area contributed by atoms with Gasteiger partial charge in [-0.1, -0.05) is 23.9 Å². The smallest absolute Gasteiger partial charge is 0.232 e. The second-order valence-electron chi connectivity index (χ2n) is 8.13. The van der Waals surface area contributed by atoms with Gasteiger partial charge in [0.2, 0.25) is 5.78 Å². The molecule has 0 atom stereocenters. The molecule has 2 aromatic carbocycles. The Balaban J connectivity index is 1.70. The van der Waals surface area contributed by atoms with Crippen LogP contribution in [-0.2, 0) is 6.54 Å². The molecule has 0 radical (unpaired) electrons. The van der Waals surface area contributed by atoms with Crippen LogP contribution in [0, 0.1) is 6.92 Å². The van der Waals surface area contributed by atoms with Crippen molar-refractivity contribution in [3.8, 4) is 23.0 Å². The number of carbonyl (C=O) groups excluding carboxylic acids is 1. The van der Waals surface area contributed by atoms with Gasteiger partial charge in [0.15, 0.2) is 17.3 Å². The van der Waals surface area contributed by atoms with Crippen molar-refractivity contribution >= 4 is 11.9 Å². The Bertz CT molecular complexity index is 1040. The minimum atomic E-state index is -0.216. The first kappa shape index (κ1) is 21.2. The maximum absolute atomic E-state index is 13.2. The number of allylic oxidation sites excluding steroid dienone is 1. The standard InChI is InChI=1S/C24H28N2O5/c1-15-12-18(27)17(14-26-10-8-25(2)9-11-26)24-21(15)22(28)20(31-24)13-16-6-5-7-19(29-3)23(16)30-4/h5-7,12-13,27H,8-11,14H2,1-4H3. The van der Waals surface area contributed by atoms with Gasteiger partial charge in [-0.05, 0) is 31.7 Å². The minimum Gasteiger partial charge on any atom is -0.872 e. The van der Waals surface area contributed by atoms with Gasteiger partial charge in [0.05, 0.1) is 32.9 Å². The molecule has 1 saturated heterocycles. The molecule has 0 bridgehead atoms. The second kappa shape index (κ2) is 8.61. The summed E-state index contributed by atoms with van der Waals surface area (Å²) in [5, 5.41) is 12.8. The maximum atomic E-state index is 13.2. The maximum Gasteiger partial charge on any atom is 0.232 e. The van der Waals surface area contributed by atoms with Crippen molar-refractivity contribution < 1.29 is 29.0 Å². The first-order chi connectivity index (χ1) is 14.9. The Morgan fingerprint density at radius 2 is 1.97 bits per heavy atom. The van der Waals surface area contributed by atoms with Gasteiger partial charge in [-0.25, -0.2) is 0 Å². The van der Waals surface area contributed by atoms with E-state index in [-0.39, 0.29) is 17.3 Å². The molecule has 31 heavy (non-hydrogen) atoms. The Hall–Kier alpha value is -3.03. The number of ether oxygens (including phenoxy) is 3. The van der Waals surface area contributed by atoms with Crippen LogP contribution in [0.5, 0.6) is 23.0 Å². The highest BCUT2D eigenvalue weighted by atomic mass is 16.5. The molecule has 7 nitrogen and oxygen atoms in total. The summed E-state index contributed by atoms with van der Waals surface area (Å²) in [7, 11) is 5.22. The SMILES string of the molecule is COc1cccc(C=C2Oc3c(C[NH+]4CCN(C)CC4)c([O-])cc(C)c3C2=O)c1OC. The third kappa shape index (κ3) is 3.98. The van der Waals surface area contributed by atoms with E-state index in [1.54, 1.807) is 39.4 Å². The molecular weight excluding hydrogens is 396 g/mol. The predicted molar refractivity (Wildman–Crippen MR) is 115 cm³/mol. The first-order valence-electron chi connectivity index (χ1n) is 10.4. The molecule has 1 N–H and O–H groups in total. The monoisotopic (exact) mass is 424 g/mol. The summed E-state index contributed by atoms with van der Waals surface area (Å²) < 4.78 is 16.9. The summed E-state index contributed by atoms with van der Waals surface area (Å²) in [6, 6.07) is 7.00. The number of carbonyl (C=O) groups is 1. The molecule has 0 spiro atoms. The van der Waals surface area contributed by atoms with Crippen molar-refractivity contribution in [2.24, 2.45) is 0 Å². The van der Waals surface area contributed by atoms with E-state index in [1.165, 1.54) is 4.90 Å². The fraction of sp³-hybridized carbons (Fsp3) is 0.375. The number of nitrogens with zero attached hydrogens (tertiary/aromatic N) is 1. The Morgan fingerprint density at radius 1 is 1.23 bits per heavy atom. The van der Waals surface area contributed by atoms with Gasteiger partial charge in [0.1, 0.15) is 12.3 Å². The predicted octanol–water partition coefficient (Wildman–Crippen LogP) is 1.03. The highest BCUT2D eigenvalue weighted by Crippen LogP contribution is 2.41. The molecule has 2 aliphatic heterocycles. The van der Waals surface area contributed by atoms with Crippen LogP contribution in [0.3, 0.4) is 0 Å². The van der Waals surface area contributed by atoms with Crippen molar-refractivity contribution in [3.05, 3.63) is 52.3 Å². The largest absolute Gasteiger partial charge is 0.872 e. The Morgan fingerprint density at radius 3 is 2.65 bits per heavy atom. The van der Waals surface area contributed by atoms with Gasteiger partial charge < -0.3 is 24.2 Å². The number of quaternary nitrogens is 1. The van der Waals surface area contributed by atoms with E-state index in [0.717, 1.165) is 26.2 Å². The zero-order chi connectivity index (χ0) is 22.1. The number of Topliss-reactive ketones (excluding diaryl/α,β-unsaturated/α-hetero) is 1. The molecule has 164 valence electrons. The van der Waals surface area contributed by atoms with E-state index in [1.807, 2.05) is 12.1 Å². The lowest BCUT2D eigenvalue weighted by Crippen LogP contribution is -3.13. The van der Waals surface area contributed by atoms with E-state index in [2.05, 4.69) is 11.9 Å². The molecule has 0 aromatic heterocycles. The van der Waals surface area contributed by atoms with Crippen LogP contribution in [0.15, 0.2) is 30.0 Å². The van der Waals surface area contributed by atoms with Gasteiger partial charge in [-0.2, -0.15) is 0 Å². The van der Waals surface area contributed by atoms with Gasteiger partial charge >= 0.3 is 0 Å². The Kier molecular flexibility index (Phi) is 5.89. The molecular formula is C24H28N2O5. The summed E-state index contributed by atoms with van der Waals surface area (Å²) in [4.78, 5) is 16.8. The van der Waals surface area contributed by atoms with Crippen LogP contribution in [0.1, 0.15) is 27.0 Å². The van der Waals surface area contributed by atoms with E-state index in [4.69, 9.17) is 14.2 Å². The molecule has 0 amide bonds. The normalized spacial score (nSPS) is 18.2. The fourth-order valence-corrected chi connectivity index (χ4v) is 4.26. The molecule has 0 unspecified atom stereocenters. The van der Waals surface area contributed by atoms with Crippen LogP contribution in [0.25, 0.3) is 6.08 Å². The molecule has 0 saturated carbocycles. The molecule has 4 rings (SSSR count). The summed E-state index contributed by atoms with van der Waals surface area (Å²) in [5.74, 6) is 1.40. The second-order valence-corrected chi connectivity index (χ2v) is 8.13. The molecule has 2 aliphatic rings. The highest BCUT2D eigenvalue weighted by Gasteiger charge is 2.33. The Labute approximate surface area is 182 Å². The number of hydrogen-bond acceptors (Lipinski definition) is 6. The average molecular weight is 424 g/mol. The van der Waals surface area contributed by atoms with Crippen LogP contribution in [-0.4, -0.2) is 58.1 Å². The number of aryl methyl sites for hydroxylation is 1. The van der Waals surface area contributed by atoms with Crippen LogP contribution < -0.4 is 24.2 Å². The van der Waals surface area contributed by atoms with Gasteiger partial charge in [-0.15, -0.1) is 0 Å². The van der Waals surface area contributed by atoms with Crippen molar-refractivity contribution in [1.82, 2.24) is 4.90 Å². The summed E-state index contributed by atoms with van der Waals surface area (Å²) in [6.45, 7) is 6.21. The van der Waals surface area contributed by atoms with E-state index < -0.39 is 0 Å². The van der Waals surface area contributed by atoms with Crippen LogP contribution in [0.2, 0.25) is 0 Å². The molecule has 2 aromatic rings. The first-order valence-corrected chi connectivity index (χ1v) is 10.4. The fourth-order valence-electron chi connectivity index (χ4n) is 4.26. The third-order valence-corrected chi connectivity index (χ3v) is 6.04. The lowest BCUT2D eigenvalue weighted by atomic mass is 9.99. The van der Waals surface area contributed by atoms with Crippen molar-refractivity contribution in [2.45, 2.75) is 13.5 Å². The summed E-state index contributed by atoms with van der Waals surface area (Å²) >= 11 is 0. The number of rotatable bonds is 5. The van der Waals surface area contributed by atoms with Crippen LogP contribution >= 0.6 is 0 Å². The van der Waals surface area contributed by atoms with E-state index in [0.29, 0.717) is 46.0 Å². The molecule has 7 heteroatoms. The van der Waals surface area contributed by atoms with Crippen LogP contribution in [0.4, 0.5) is 0 Å².